The molecule has 5 nitrogen and oxygen atoms in total. The summed E-state index contributed by atoms with van der Waals surface area (Å²) in [4.78, 5) is 23.0. The molecule has 0 aliphatic heterocycles. The first-order chi connectivity index (χ1) is 10.3. The predicted octanol–water partition coefficient (Wildman–Crippen LogP) is 2.22. The third kappa shape index (κ3) is 6.87. The number of rotatable bonds is 7. The van der Waals surface area contributed by atoms with E-state index in [0.29, 0.717) is 0 Å². The second-order valence-corrected chi connectivity index (χ2v) is 4.69. The molecule has 1 rings (SSSR count). The van der Waals surface area contributed by atoms with E-state index in [1.165, 1.54) is 12.1 Å². The Labute approximate surface area is 137 Å². The molecule has 1 aromatic carbocycles. The first kappa shape index (κ1) is 21.2. The van der Waals surface area contributed by atoms with E-state index in [1.807, 2.05) is 0 Å². The van der Waals surface area contributed by atoms with Gasteiger partial charge in [-0.25, -0.2) is 4.79 Å². The van der Waals surface area contributed by atoms with Crippen molar-refractivity contribution in [2.24, 2.45) is 0 Å². The van der Waals surface area contributed by atoms with Crippen molar-refractivity contribution in [2.45, 2.75) is 31.1 Å². The number of halogens is 4. The predicted molar refractivity (Wildman–Crippen MR) is 80.7 cm³/mol. The van der Waals surface area contributed by atoms with E-state index in [2.05, 4.69) is 10.6 Å². The number of hydrogen-bond donors (Lipinski definition) is 3. The van der Waals surface area contributed by atoms with Crippen molar-refractivity contribution in [1.82, 2.24) is 10.6 Å². The molecule has 0 aliphatic carbocycles. The van der Waals surface area contributed by atoms with Gasteiger partial charge in [0, 0.05) is 5.56 Å². The number of carboxylic acids is 1. The number of nitrogens with one attached hydrogen (secondary N) is 2. The summed E-state index contributed by atoms with van der Waals surface area (Å²) in [7, 11) is 1.15. The molecule has 3 N–H and O–H groups in total. The van der Waals surface area contributed by atoms with E-state index >= 15 is 0 Å². The van der Waals surface area contributed by atoms with Crippen LogP contribution in [-0.2, 0) is 4.79 Å². The summed E-state index contributed by atoms with van der Waals surface area (Å²) >= 11 is 0. The Balaban J connectivity index is 0.00000484. The quantitative estimate of drug-likeness (QED) is 0.701. The van der Waals surface area contributed by atoms with E-state index in [-0.39, 0.29) is 24.4 Å². The first-order valence-corrected chi connectivity index (χ1v) is 6.58. The Morgan fingerprint density at radius 2 is 1.74 bits per heavy atom. The highest BCUT2D eigenvalue weighted by atomic mass is 35.5. The van der Waals surface area contributed by atoms with Crippen LogP contribution in [0.5, 0.6) is 0 Å². The van der Waals surface area contributed by atoms with Crippen LogP contribution in [0.1, 0.15) is 23.2 Å². The van der Waals surface area contributed by atoms with Crippen LogP contribution in [0.15, 0.2) is 30.3 Å². The van der Waals surface area contributed by atoms with Gasteiger partial charge in [0.2, 0.25) is 0 Å². The van der Waals surface area contributed by atoms with E-state index in [9.17, 15) is 22.8 Å². The Morgan fingerprint density at radius 3 is 2.17 bits per heavy atom. The normalized spacial score (nSPS) is 13.6. The van der Waals surface area contributed by atoms with E-state index in [0.717, 1.165) is 7.05 Å². The second kappa shape index (κ2) is 9.36. The fourth-order valence-electron chi connectivity index (χ4n) is 1.89. The number of aliphatic carboxylic acids is 1. The van der Waals surface area contributed by atoms with Gasteiger partial charge in [-0.1, -0.05) is 18.2 Å². The first-order valence-electron chi connectivity index (χ1n) is 6.58. The zero-order chi connectivity index (χ0) is 16.8. The van der Waals surface area contributed by atoms with Gasteiger partial charge in [0.15, 0.2) is 0 Å². The van der Waals surface area contributed by atoms with Crippen LogP contribution < -0.4 is 10.6 Å². The molecule has 2 atom stereocenters. The Morgan fingerprint density at radius 1 is 1.17 bits per heavy atom. The Bertz CT molecular complexity index is 512. The van der Waals surface area contributed by atoms with Crippen molar-refractivity contribution in [3.63, 3.8) is 0 Å². The lowest BCUT2D eigenvalue weighted by Gasteiger charge is -2.21. The third-order valence-electron chi connectivity index (χ3n) is 3.13. The fraction of sp³-hybridized carbons (Fsp3) is 0.429. The molecule has 0 radical (unpaired) electrons. The van der Waals surface area contributed by atoms with Gasteiger partial charge in [-0.05, 0) is 32.0 Å². The summed E-state index contributed by atoms with van der Waals surface area (Å²) in [6.45, 7) is 0. The minimum atomic E-state index is -4.47. The molecule has 0 fully saturated rings. The van der Waals surface area contributed by atoms with Gasteiger partial charge in [0.25, 0.3) is 5.91 Å². The summed E-state index contributed by atoms with van der Waals surface area (Å²) in [5, 5.41) is 13.4. The Kier molecular flexibility index (Phi) is 8.63. The highest BCUT2D eigenvalue weighted by Crippen LogP contribution is 2.23. The summed E-state index contributed by atoms with van der Waals surface area (Å²) in [6.07, 6.45) is -5.26. The van der Waals surface area contributed by atoms with Gasteiger partial charge in [0.1, 0.15) is 12.1 Å². The molecule has 1 amide bonds. The molecular weight excluding hydrogens is 337 g/mol. The van der Waals surface area contributed by atoms with Crippen LogP contribution in [-0.4, -0.2) is 42.3 Å². The summed E-state index contributed by atoms with van der Waals surface area (Å²) in [5.41, 5.74) is 0.245. The summed E-state index contributed by atoms with van der Waals surface area (Å²) < 4.78 is 37.8. The van der Waals surface area contributed by atoms with Crippen molar-refractivity contribution in [3.8, 4) is 0 Å². The molecule has 1 aromatic rings. The zero-order valence-electron chi connectivity index (χ0n) is 12.3. The molecule has 0 bridgehead atoms. The highest BCUT2D eigenvalue weighted by Gasteiger charge is 2.39. The van der Waals surface area contributed by atoms with Crippen LogP contribution in [0.3, 0.4) is 0 Å². The molecule has 0 saturated carbocycles. The highest BCUT2D eigenvalue weighted by molar-refractivity contribution is 5.96. The van der Waals surface area contributed by atoms with Crippen molar-refractivity contribution < 1.29 is 27.9 Å². The largest absolute Gasteiger partial charge is 0.480 e. The number of carboxylic acid groups (broad SMARTS) is 1. The summed E-state index contributed by atoms with van der Waals surface area (Å²) in [6, 6.07) is 4.66. The second-order valence-electron chi connectivity index (χ2n) is 4.69. The smallest absolute Gasteiger partial charge is 0.403 e. The summed E-state index contributed by atoms with van der Waals surface area (Å²) in [5.74, 6) is -2.01. The maximum atomic E-state index is 12.6. The van der Waals surface area contributed by atoms with Gasteiger partial charge >= 0.3 is 12.1 Å². The topological polar surface area (TPSA) is 78.4 Å². The molecular formula is C14H18ClF3N2O3. The number of benzene rings is 1. The SMILES string of the molecule is CNC(CCC(NC(=O)c1ccccc1)C(=O)O)C(F)(F)F.Cl. The van der Waals surface area contributed by atoms with Crippen molar-refractivity contribution in [3.05, 3.63) is 35.9 Å². The van der Waals surface area contributed by atoms with Gasteiger partial charge in [-0.2, -0.15) is 13.2 Å². The van der Waals surface area contributed by atoms with Gasteiger partial charge in [-0.3, -0.25) is 4.79 Å². The van der Waals surface area contributed by atoms with Crippen LogP contribution in [0.25, 0.3) is 0 Å². The van der Waals surface area contributed by atoms with Crippen molar-refractivity contribution in [2.75, 3.05) is 7.05 Å². The van der Waals surface area contributed by atoms with Gasteiger partial charge in [0.05, 0.1) is 0 Å². The number of hydrogen-bond acceptors (Lipinski definition) is 3. The molecule has 0 aromatic heterocycles. The van der Waals surface area contributed by atoms with Crippen LogP contribution in [0, 0.1) is 0 Å². The molecule has 9 heteroatoms. The molecule has 0 saturated heterocycles. The minimum Gasteiger partial charge on any atom is -0.480 e. The van der Waals surface area contributed by atoms with Gasteiger partial charge < -0.3 is 15.7 Å². The molecule has 0 aliphatic rings. The fourth-order valence-corrected chi connectivity index (χ4v) is 1.89. The lowest BCUT2D eigenvalue weighted by atomic mass is 10.1. The maximum Gasteiger partial charge on any atom is 0.403 e. The van der Waals surface area contributed by atoms with Crippen LogP contribution >= 0.6 is 12.4 Å². The maximum absolute atomic E-state index is 12.6. The molecule has 0 heterocycles. The monoisotopic (exact) mass is 354 g/mol. The zero-order valence-corrected chi connectivity index (χ0v) is 13.1. The standard InChI is InChI=1S/C14H17F3N2O3.ClH/c1-18-11(14(15,16)17)8-7-10(13(21)22)19-12(20)9-5-3-2-4-6-9;/h2-6,10-11,18H,7-8H2,1H3,(H,19,20)(H,21,22);1H. The lowest BCUT2D eigenvalue weighted by molar-refractivity contribution is -0.157. The van der Waals surface area contributed by atoms with Crippen molar-refractivity contribution in [1.29, 1.82) is 0 Å². The number of carbonyl (C=O) groups is 2. The van der Waals surface area contributed by atoms with Gasteiger partial charge in [-0.15, -0.1) is 12.4 Å². The molecule has 0 spiro atoms. The average molecular weight is 355 g/mol. The molecule has 23 heavy (non-hydrogen) atoms. The van der Waals surface area contributed by atoms with Crippen LogP contribution in [0.4, 0.5) is 13.2 Å². The van der Waals surface area contributed by atoms with E-state index in [4.69, 9.17) is 5.11 Å². The van der Waals surface area contributed by atoms with E-state index < -0.39 is 36.6 Å². The molecule has 130 valence electrons. The number of carbonyl (C=O) groups excluding carboxylic acids is 1. The average Bonchev–Trinajstić information content (AvgIpc) is 2.45. The number of amides is 1. The van der Waals surface area contributed by atoms with Crippen molar-refractivity contribution >= 4 is 24.3 Å². The number of alkyl halides is 3. The minimum absolute atomic E-state index is 0. The van der Waals surface area contributed by atoms with E-state index in [1.54, 1.807) is 18.2 Å². The molecule has 2 unspecified atom stereocenters. The lowest BCUT2D eigenvalue weighted by Crippen LogP contribution is -2.45. The Hall–Kier alpha value is -1.80. The van der Waals surface area contributed by atoms with Crippen LogP contribution in [0.2, 0.25) is 0 Å². The third-order valence-corrected chi connectivity index (χ3v) is 3.13.